The van der Waals surface area contributed by atoms with Crippen LogP contribution in [0.5, 0.6) is 5.75 Å². The molecule has 0 saturated carbocycles. The molecule has 13 heteroatoms. The highest BCUT2D eigenvalue weighted by Gasteiger charge is 2.32. The van der Waals surface area contributed by atoms with Crippen LogP contribution < -0.4 is 25.0 Å². The Labute approximate surface area is 240 Å². The van der Waals surface area contributed by atoms with Crippen LogP contribution in [-0.2, 0) is 25.0 Å². The number of anilines is 3. The monoisotopic (exact) mass is 587 g/mol. The van der Waals surface area contributed by atoms with Gasteiger partial charge in [-0.1, -0.05) is 20.8 Å². The molecule has 2 aromatic rings. The van der Waals surface area contributed by atoms with Gasteiger partial charge in [-0.3, -0.25) is 19.2 Å². The summed E-state index contributed by atoms with van der Waals surface area (Å²) in [5, 5.41) is 5.46. The Balaban J connectivity index is 1.52. The fourth-order valence-electron chi connectivity index (χ4n) is 4.65. The first-order chi connectivity index (χ1) is 19.4. The van der Waals surface area contributed by atoms with Crippen molar-refractivity contribution in [3.63, 3.8) is 0 Å². The van der Waals surface area contributed by atoms with Gasteiger partial charge in [-0.05, 0) is 41.8 Å². The summed E-state index contributed by atoms with van der Waals surface area (Å²) in [7, 11) is -2.11. The highest BCUT2D eigenvalue weighted by Crippen LogP contribution is 2.38. The Morgan fingerprint density at radius 1 is 1.07 bits per heavy atom. The maximum absolute atomic E-state index is 13.5. The van der Waals surface area contributed by atoms with Crippen molar-refractivity contribution >= 4 is 44.9 Å². The third-order valence-electron chi connectivity index (χ3n) is 6.85. The molecule has 2 heterocycles. The van der Waals surface area contributed by atoms with Crippen LogP contribution in [0.1, 0.15) is 43.1 Å². The normalized spacial score (nSPS) is 16.7. The fraction of sp³-hybridized carbons (Fsp3) is 0.464. The molecule has 2 aliphatic rings. The average Bonchev–Trinajstić information content (AvgIpc) is 2.92. The fourth-order valence-corrected chi connectivity index (χ4v) is 5.75. The lowest BCUT2D eigenvalue weighted by atomic mass is 9.84. The van der Waals surface area contributed by atoms with Crippen molar-refractivity contribution in [2.45, 2.75) is 32.6 Å². The summed E-state index contributed by atoms with van der Waals surface area (Å²) in [6.07, 6.45) is 0.146. The smallest absolute Gasteiger partial charge is 0.328 e. The molecule has 12 nitrogen and oxygen atoms in total. The molecule has 3 N–H and O–H groups in total. The molecule has 2 aromatic carbocycles. The molecule has 0 unspecified atom stereocenters. The van der Waals surface area contributed by atoms with E-state index in [1.165, 1.54) is 13.2 Å². The Morgan fingerprint density at radius 2 is 1.73 bits per heavy atom. The molecule has 222 valence electrons. The van der Waals surface area contributed by atoms with E-state index in [2.05, 4.69) is 15.4 Å². The van der Waals surface area contributed by atoms with Crippen molar-refractivity contribution in [1.29, 1.82) is 0 Å². The Bertz CT molecular complexity index is 1380. The van der Waals surface area contributed by atoms with E-state index in [-0.39, 0.29) is 35.9 Å². The third kappa shape index (κ3) is 7.54. The zero-order valence-corrected chi connectivity index (χ0v) is 24.6. The molecule has 2 fully saturated rings. The van der Waals surface area contributed by atoms with Gasteiger partial charge in [0.1, 0.15) is 5.75 Å². The van der Waals surface area contributed by atoms with Gasteiger partial charge in [-0.15, -0.1) is 0 Å². The molecule has 4 rings (SSSR count). The number of hydrogen-bond acceptors (Lipinski definition) is 8. The molecule has 0 aliphatic carbocycles. The molecule has 0 spiro atoms. The number of rotatable bonds is 9. The van der Waals surface area contributed by atoms with E-state index >= 15 is 0 Å². The van der Waals surface area contributed by atoms with Crippen molar-refractivity contribution in [3.8, 4) is 5.75 Å². The van der Waals surface area contributed by atoms with Crippen molar-refractivity contribution in [3.05, 3.63) is 47.5 Å². The van der Waals surface area contributed by atoms with Gasteiger partial charge >= 0.3 is 6.03 Å². The first-order valence-electron chi connectivity index (χ1n) is 13.4. The third-order valence-corrected chi connectivity index (χ3v) is 8.12. The van der Waals surface area contributed by atoms with E-state index in [1.807, 2.05) is 25.7 Å². The first-order valence-corrected chi connectivity index (χ1v) is 15.1. The van der Waals surface area contributed by atoms with Crippen LogP contribution in [0.4, 0.5) is 21.9 Å². The van der Waals surface area contributed by atoms with Crippen molar-refractivity contribution in [2.24, 2.45) is 0 Å². The van der Waals surface area contributed by atoms with Gasteiger partial charge in [0.15, 0.2) is 0 Å². The number of hydrogen-bond donors (Lipinski definition) is 3. The lowest BCUT2D eigenvalue weighted by molar-refractivity contribution is -0.118. The molecule has 4 amide bonds. The molecule has 0 radical (unpaired) electrons. The van der Waals surface area contributed by atoms with Gasteiger partial charge in [0.2, 0.25) is 15.9 Å². The largest absolute Gasteiger partial charge is 0.496 e. The Morgan fingerprint density at radius 3 is 2.34 bits per heavy atom. The van der Waals surface area contributed by atoms with Crippen LogP contribution in [0.3, 0.4) is 0 Å². The second kappa shape index (κ2) is 12.5. The number of amides is 4. The van der Waals surface area contributed by atoms with Crippen LogP contribution in [-0.4, -0.2) is 83.4 Å². The van der Waals surface area contributed by atoms with Gasteiger partial charge in [0.05, 0.1) is 37.3 Å². The number of sulfonamides is 1. The van der Waals surface area contributed by atoms with Crippen LogP contribution in [0.15, 0.2) is 36.4 Å². The van der Waals surface area contributed by atoms with E-state index in [0.29, 0.717) is 55.5 Å². The molecule has 2 saturated heterocycles. The topological polar surface area (TPSA) is 146 Å². The predicted octanol–water partition coefficient (Wildman–Crippen LogP) is 2.77. The maximum Gasteiger partial charge on any atom is 0.328 e. The summed E-state index contributed by atoms with van der Waals surface area (Å²) in [5.41, 5.74) is 1.37. The second-order valence-corrected chi connectivity index (χ2v) is 12.8. The summed E-state index contributed by atoms with van der Waals surface area (Å²) in [5.74, 6) is -0.603. The first kappa shape index (κ1) is 30.3. The van der Waals surface area contributed by atoms with Gasteiger partial charge in [-0.2, -0.15) is 0 Å². The van der Waals surface area contributed by atoms with Crippen LogP contribution in [0, 0.1) is 0 Å². The van der Waals surface area contributed by atoms with Gasteiger partial charge in [-0.25, -0.2) is 18.1 Å². The highest BCUT2D eigenvalue weighted by atomic mass is 32.2. The number of methoxy groups -OCH3 is 1. The van der Waals surface area contributed by atoms with Gasteiger partial charge in [0.25, 0.3) is 5.91 Å². The van der Waals surface area contributed by atoms with E-state index in [0.717, 1.165) is 4.90 Å². The summed E-state index contributed by atoms with van der Waals surface area (Å²) in [6, 6.07) is 8.89. The summed E-state index contributed by atoms with van der Waals surface area (Å²) in [6.45, 7) is 9.09. The van der Waals surface area contributed by atoms with E-state index in [4.69, 9.17) is 9.47 Å². The number of nitrogens with one attached hydrogen (secondary N) is 3. The second-order valence-electron chi connectivity index (χ2n) is 10.9. The van der Waals surface area contributed by atoms with Crippen LogP contribution in [0.2, 0.25) is 0 Å². The van der Waals surface area contributed by atoms with Crippen LogP contribution >= 0.6 is 0 Å². The summed E-state index contributed by atoms with van der Waals surface area (Å²) < 4.78 is 38.7. The molecular weight excluding hydrogens is 550 g/mol. The van der Waals surface area contributed by atoms with Crippen molar-refractivity contribution < 1.29 is 32.3 Å². The quantitative estimate of drug-likeness (QED) is 0.406. The molecular formula is C28H37N5O7S. The zero-order chi connectivity index (χ0) is 29.8. The number of imide groups is 1. The highest BCUT2D eigenvalue weighted by molar-refractivity contribution is 7.92. The van der Waals surface area contributed by atoms with E-state index in [1.54, 1.807) is 30.3 Å². The standard InChI is InChI=1S/C28H37N5O7S/c1-28(2,3)23-18-21(33-24(34)9-10-29-27(33)36)17-22(25(23)39-4)26(35)30-19-5-7-20(8-6-19)31-41(37,38)16-13-32-11-14-40-15-12-32/h5-8,17-18,31H,9-16H2,1-4H3,(H,29,36)(H,30,35). The minimum absolute atomic E-state index is 0.0464. The number of benzene rings is 2. The minimum atomic E-state index is -3.57. The number of carbonyl (C=O) groups excluding carboxylic acids is 3. The minimum Gasteiger partial charge on any atom is -0.496 e. The average molecular weight is 588 g/mol. The van der Waals surface area contributed by atoms with E-state index in [9.17, 15) is 22.8 Å². The molecule has 41 heavy (non-hydrogen) atoms. The molecule has 0 bridgehead atoms. The predicted molar refractivity (Wildman–Crippen MR) is 156 cm³/mol. The molecule has 0 atom stereocenters. The van der Waals surface area contributed by atoms with Crippen molar-refractivity contribution in [2.75, 3.05) is 67.2 Å². The van der Waals surface area contributed by atoms with E-state index < -0.39 is 27.4 Å². The summed E-state index contributed by atoms with van der Waals surface area (Å²) in [4.78, 5) is 41.8. The lowest BCUT2D eigenvalue weighted by Gasteiger charge is -2.30. The van der Waals surface area contributed by atoms with Crippen molar-refractivity contribution in [1.82, 2.24) is 10.2 Å². The summed E-state index contributed by atoms with van der Waals surface area (Å²) >= 11 is 0. The van der Waals surface area contributed by atoms with Crippen LogP contribution in [0.25, 0.3) is 0 Å². The Kier molecular flexibility index (Phi) is 9.20. The van der Waals surface area contributed by atoms with Gasteiger partial charge < -0.3 is 20.1 Å². The maximum atomic E-state index is 13.5. The lowest BCUT2D eigenvalue weighted by Crippen LogP contribution is -2.50. The molecule has 2 aliphatic heterocycles. The number of carbonyl (C=O) groups is 3. The van der Waals surface area contributed by atoms with Gasteiger partial charge in [0, 0.05) is 49.5 Å². The number of urea groups is 1. The Hall–Kier alpha value is -3.68. The zero-order valence-electron chi connectivity index (χ0n) is 23.8. The SMILES string of the molecule is COc1c(C(=O)Nc2ccc(NS(=O)(=O)CCN3CCOCC3)cc2)cc(N2C(=O)CCNC2=O)cc1C(C)(C)C. The number of morpholine rings is 1. The molecule has 0 aromatic heterocycles. The number of nitrogens with zero attached hydrogens (tertiary/aromatic N) is 2. The number of ether oxygens (including phenoxy) is 2.